The average molecular weight is 230 g/mol. The molecule has 0 aliphatic heterocycles. The van der Waals surface area contributed by atoms with Crippen molar-refractivity contribution in [3.63, 3.8) is 0 Å². The first kappa shape index (κ1) is 10.6. The minimum Gasteiger partial charge on any atom is -0.244 e. The number of pyridine rings is 1. The molecule has 72 valence electrons. The highest BCUT2D eigenvalue weighted by molar-refractivity contribution is 6.31. The first-order valence-electron chi connectivity index (χ1n) is 3.22. The van der Waals surface area contributed by atoms with E-state index >= 15 is 0 Å². The van der Waals surface area contributed by atoms with Crippen molar-refractivity contribution < 1.29 is 13.2 Å². The third-order valence-electron chi connectivity index (χ3n) is 1.38. The third kappa shape index (κ3) is 2.48. The molecule has 0 bridgehead atoms. The molecule has 0 unspecified atom stereocenters. The van der Waals surface area contributed by atoms with Crippen LogP contribution in [0.2, 0.25) is 5.15 Å². The molecule has 0 N–H and O–H groups in total. The average Bonchev–Trinajstić information content (AvgIpc) is 2.03. The van der Waals surface area contributed by atoms with Crippen molar-refractivity contribution in [3.05, 3.63) is 28.5 Å². The van der Waals surface area contributed by atoms with Gasteiger partial charge in [-0.2, -0.15) is 13.2 Å². The zero-order valence-corrected chi connectivity index (χ0v) is 7.71. The first-order chi connectivity index (χ1) is 5.95. The van der Waals surface area contributed by atoms with Crippen LogP contribution in [0.3, 0.4) is 0 Å². The zero-order valence-electron chi connectivity index (χ0n) is 6.20. The van der Waals surface area contributed by atoms with Gasteiger partial charge in [-0.3, -0.25) is 0 Å². The van der Waals surface area contributed by atoms with Gasteiger partial charge in [0.15, 0.2) is 0 Å². The lowest BCUT2D eigenvalue weighted by atomic mass is 10.2. The second kappa shape index (κ2) is 3.72. The molecule has 0 saturated carbocycles. The van der Waals surface area contributed by atoms with Gasteiger partial charge in [-0.05, 0) is 6.07 Å². The molecule has 0 aliphatic rings. The Bertz CT molecular complexity index is 311. The lowest BCUT2D eigenvalue weighted by Gasteiger charge is -2.07. The van der Waals surface area contributed by atoms with Crippen LogP contribution >= 0.6 is 23.2 Å². The summed E-state index contributed by atoms with van der Waals surface area (Å²) in [7, 11) is 0. The molecule has 0 aromatic carbocycles. The summed E-state index contributed by atoms with van der Waals surface area (Å²) in [4.78, 5) is 3.38. The summed E-state index contributed by atoms with van der Waals surface area (Å²) in [6.07, 6.45) is -3.73. The SMILES string of the molecule is FC(F)(F)c1cnc(Cl)c(CCl)c1. The molecule has 1 aromatic rings. The Labute approximate surface area is 82.5 Å². The maximum Gasteiger partial charge on any atom is 0.417 e. The Kier molecular flexibility index (Phi) is 3.03. The number of halogens is 5. The molecule has 0 saturated heterocycles. The molecule has 6 heteroatoms. The van der Waals surface area contributed by atoms with Gasteiger partial charge in [-0.15, -0.1) is 11.6 Å². The fourth-order valence-electron chi connectivity index (χ4n) is 0.742. The molecule has 0 spiro atoms. The van der Waals surface area contributed by atoms with Crippen LogP contribution in [0.5, 0.6) is 0 Å². The van der Waals surface area contributed by atoms with Gasteiger partial charge in [0.2, 0.25) is 0 Å². The molecule has 1 rings (SSSR count). The molecule has 0 aliphatic carbocycles. The number of alkyl halides is 4. The summed E-state index contributed by atoms with van der Waals surface area (Å²) in [6.45, 7) is 0. The minimum atomic E-state index is -4.40. The predicted molar refractivity (Wildman–Crippen MR) is 43.8 cm³/mol. The normalized spacial score (nSPS) is 11.8. The van der Waals surface area contributed by atoms with E-state index in [0.717, 1.165) is 6.07 Å². The summed E-state index contributed by atoms with van der Waals surface area (Å²) in [5, 5.41) is 0.00278. The molecule has 0 atom stereocenters. The first-order valence-corrected chi connectivity index (χ1v) is 4.14. The number of hydrogen-bond acceptors (Lipinski definition) is 1. The van der Waals surface area contributed by atoms with Crippen molar-refractivity contribution in [2.75, 3.05) is 0 Å². The van der Waals surface area contributed by atoms with Crippen LogP contribution < -0.4 is 0 Å². The second-order valence-electron chi connectivity index (χ2n) is 2.31. The van der Waals surface area contributed by atoms with Crippen LogP contribution in [0.1, 0.15) is 11.1 Å². The van der Waals surface area contributed by atoms with Gasteiger partial charge < -0.3 is 0 Å². The smallest absolute Gasteiger partial charge is 0.244 e. The molecule has 13 heavy (non-hydrogen) atoms. The van der Waals surface area contributed by atoms with E-state index < -0.39 is 11.7 Å². The molecule has 0 fully saturated rings. The fraction of sp³-hybridized carbons (Fsp3) is 0.286. The molecular formula is C7H4Cl2F3N. The Hall–Kier alpha value is -0.480. The van der Waals surface area contributed by atoms with Crippen molar-refractivity contribution in [3.8, 4) is 0 Å². The Morgan fingerprint density at radius 1 is 1.38 bits per heavy atom. The van der Waals surface area contributed by atoms with Gasteiger partial charge in [0.1, 0.15) is 5.15 Å². The molecular weight excluding hydrogens is 226 g/mol. The fourth-order valence-corrected chi connectivity index (χ4v) is 1.18. The lowest BCUT2D eigenvalue weighted by molar-refractivity contribution is -0.137. The van der Waals surface area contributed by atoms with Crippen LogP contribution in [0.4, 0.5) is 13.2 Å². The van der Waals surface area contributed by atoms with Gasteiger partial charge in [0.05, 0.1) is 11.4 Å². The van der Waals surface area contributed by atoms with Crippen LogP contribution in [0, 0.1) is 0 Å². The quantitative estimate of drug-likeness (QED) is 0.531. The summed E-state index contributed by atoms with van der Waals surface area (Å²) in [5.41, 5.74) is -0.661. The van der Waals surface area contributed by atoms with E-state index in [1.807, 2.05) is 0 Å². The second-order valence-corrected chi connectivity index (χ2v) is 2.93. The van der Waals surface area contributed by atoms with Crippen molar-refractivity contribution in [2.45, 2.75) is 12.1 Å². The highest BCUT2D eigenvalue weighted by Gasteiger charge is 2.31. The van der Waals surface area contributed by atoms with Crippen LogP contribution in [-0.2, 0) is 12.1 Å². The Balaban J connectivity index is 3.14. The Morgan fingerprint density at radius 2 is 2.00 bits per heavy atom. The van der Waals surface area contributed by atoms with Gasteiger partial charge >= 0.3 is 6.18 Å². The van der Waals surface area contributed by atoms with Gasteiger partial charge in [-0.25, -0.2) is 4.98 Å². The molecule has 1 heterocycles. The highest BCUT2D eigenvalue weighted by atomic mass is 35.5. The number of rotatable bonds is 1. The van der Waals surface area contributed by atoms with Crippen molar-refractivity contribution >= 4 is 23.2 Å². The number of hydrogen-bond donors (Lipinski definition) is 0. The standard InChI is InChI=1S/C7H4Cl2F3N/c8-2-4-1-5(7(10,11)12)3-13-6(4)9/h1,3H,2H2. The number of aromatic nitrogens is 1. The lowest BCUT2D eigenvalue weighted by Crippen LogP contribution is -2.06. The highest BCUT2D eigenvalue weighted by Crippen LogP contribution is 2.30. The van der Waals surface area contributed by atoms with E-state index in [2.05, 4.69) is 4.98 Å². The van der Waals surface area contributed by atoms with E-state index in [1.165, 1.54) is 0 Å². The molecule has 1 aromatic heterocycles. The van der Waals surface area contributed by atoms with Gasteiger partial charge in [0, 0.05) is 11.8 Å². The third-order valence-corrected chi connectivity index (χ3v) is 2.01. The van der Waals surface area contributed by atoms with E-state index in [4.69, 9.17) is 23.2 Å². The molecule has 0 radical (unpaired) electrons. The van der Waals surface area contributed by atoms with Gasteiger partial charge in [0.25, 0.3) is 0 Å². The summed E-state index contributed by atoms with van der Waals surface area (Å²) < 4.78 is 36.3. The van der Waals surface area contributed by atoms with Gasteiger partial charge in [-0.1, -0.05) is 11.6 Å². The maximum atomic E-state index is 12.1. The van der Waals surface area contributed by atoms with E-state index in [0.29, 0.717) is 6.20 Å². The molecule has 1 nitrogen and oxygen atoms in total. The van der Waals surface area contributed by atoms with E-state index in [1.54, 1.807) is 0 Å². The zero-order chi connectivity index (χ0) is 10.1. The summed E-state index contributed by atoms with van der Waals surface area (Å²) >= 11 is 10.8. The van der Waals surface area contributed by atoms with Crippen LogP contribution in [0.25, 0.3) is 0 Å². The largest absolute Gasteiger partial charge is 0.417 e. The minimum absolute atomic E-state index is 0.00278. The van der Waals surface area contributed by atoms with Crippen molar-refractivity contribution in [1.82, 2.24) is 4.98 Å². The monoisotopic (exact) mass is 229 g/mol. The van der Waals surface area contributed by atoms with E-state index in [9.17, 15) is 13.2 Å². The van der Waals surface area contributed by atoms with Crippen molar-refractivity contribution in [1.29, 1.82) is 0 Å². The molecule has 0 amide bonds. The van der Waals surface area contributed by atoms with Crippen LogP contribution in [0.15, 0.2) is 12.3 Å². The van der Waals surface area contributed by atoms with Crippen molar-refractivity contribution in [2.24, 2.45) is 0 Å². The Morgan fingerprint density at radius 3 is 2.46 bits per heavy atom. The van der Waals surface area contributed by atoms with Crippen LogP contribution in [-0.4, -0.2) is 4.98 Å². The number of nitrogens with zero attached hydrogens (tertiary/aromatic N) is 1. The predicted octanol–water partition coefficient (Wildman–Crippen LogP) is 3.49. The topological polar surface area (TPSA) is 12.9 Å². The summed E-state index contributed by atoms with van der Waals surface area (Å²) in [5.74, 6) is -0.0875. The maximum absolute atomic E-state index is 12.1. The summed E-state index contributed by atoms with van der Waals surface area (Å²) in [6, 6.07) is 0.891. The van der Waals surface area contributed by atoms with E-state index in [-0.39, 0.29) is 16.6 Å².